The van der Waals surface area contributed by atoms with Crippen molar-refractivity contribution in [2.24, 2.45) is 0 Å². The number of rotatable bonds is 14. The van der Waals surface area contributed by atoms with Gasteiger partial charge in [0, 0.05) is 29.6 Å². The summed E-state index contributed by atoms with van der Waals surface area (Å²) in [7, 11) is -3.87. The van der Waals surface area contributed by atoms with Gasteiger partial charge in [0.1, 0.15) is 12.6 Å². The van der Waals surface area contributed by atoms with Crippen LogP contribution in [0.5, 0.6) is 0 Å². The standard InChI is InChI=1S/C32H39Cl2N3O4S/c1-5-6-18-35-32(39)30(19-24-12-8-7-9-13-24)36(21-25-16-17-26(33)20-28(25)34)31(38)22-37(42(4,40)41)29-15-11-10-14-27(29)23(2)3/h7-17,20,23,30H,5-6,18-19,21-22H2,1-4H3,(H,35,39). The second kappa shape index (κ2) is 15.4. The maximum absolute atomic E-state index is 14.3. The molecule has 7 nitrogen and oxygen atoms in total. The topological polar surface area (TPSA) is 86.8 Å². The van der Waals surface area contributed by atoms with Crippen molar-refractivity contribution in [3.05, 3.63) is 99.5 Å². The third kappa shape index (κ3) is 9.21. The summed E-state index contributed by atoms with van der Waals surface area (Å²) in [6, 6.07) is 20.6. The third-order valence-electron chi connectivity index (χ3n) is 6.96. The molecule has 0 aliphatic carbocycles. The first kappa shape index (κ1) is 33.4. The highest BCUT2D eigenvalue weighted by atomic mass is 35.5. The zero-order valence-corrected chi connectivity index (χ0v) is 26.8. The van der Waals surface area contributed by atoms with Gasteiger partial charge in [0.25, 0.3) is 0 Å². The Labute approximate surface area is 259 Å². The smallest absolute Gasteiger partial charge is 0.244 e. The number of hydrogen-bond acceptors (Lipinski definition) is 4. The zero-order valence-electron chi connectivity index (χ0n) is 24.5. The SMILES string of the molecule is CCCCNC(=O)C(Cc1ccccc1)N(Cc1ccc(Cl)cc1Cl)C(=O)CN(c1ccccc1C(C)C)S(C)(=O)=O. The molecule has 3 aromatic carbocycles. The van der Waals surface area contributed by atoms with E-state index >= 15 is 0 Å². The molecule has 2 amide bonds. The Kier molecular flexibility index (Phi) is 12.3. The van der Waals surface area contributed by atoms with Crippen LogP contribution in [-0.4, -0.2) is 50.5 Å². The minimum atomic E-state index is -3.87. The van der Waals surface area contributed by atoms with E-state index in [4.69, 9.17) is 23.2 Å². The van der Waals surface area contributed by atoms with Gasteiger partial charge in [-0.25, -0.2) is 8.42 Å². The number of benzene rings is 3. The minimum Gasteiger partial charge on any atom is -0.354 e. The molecule has 3 rings (SSSR count). The Morgan fingerprint density at radius 2 is 1.62 bits per heavy atom. The van der Waals surface area contributed by atoms with Gasteiger partial charge in [0.2, 0.25) is 21.8 Å². The van der Waals surface area contributed by atoms with E-state index in [1.165, 1.54) is 4.90 Å². The Hall–Kier alpha value is -3.07. The molecule has 10 heteroatoms. The number of halogens is 2. The van der Waals surface area contributed by atoms with Gasteiger partial charge >= 0.3 is 0 Å². The van der Waals surface area contributed by atoms with Crippen LogP contribution < -0.4 is 9.62 Å². The molecule has 1 unspecified atom stereocenters. The quantitative estimate of drug-likeness (QED) is 0.207. The molecule has 0 aromatic heterocycles. The second-order valence-corrected chi connectivity index (χ2v) is 13.3. The summed E-state index contributed by atoms with van der Waals surface area (Å²) < 4.78 is 27.4. The molecule has 0 saturated heterocycles. The first-order valence-corrected chi connectivity index (χ1v) is 16.6. The van der Waals surface area contributed by atoms with Gasteiger partial charge in [0.05, 0.1) is 11.9 Å². The van der Waals surface area contributed by atoms with Crippen LogP contribution in [0, 0.1) is 0 Å². The monoisotopic (exact) mass is 631 g/mol. The number of amides is 2. The largest absolute Gasteiger partial charge is 0.354 e. The highest BCUT2D eigenvalue weighted by Gasteiger charge is 2.34. The molecule has 42 heavy (non-hydrogen) atoms. The average Bonchev–Trinajstić information content (AvgIpc) is 2.94. The van der Waals surface area contributed by atoms with Gasteiger partial charge in [-0.1, -0.05) is 105 Å². The van der Waals surface area contributed by atoms with Gasteiger partial charge in [-0.3, -0.25) is 13.9 Å². The summed E-state index contributed by atoms with van der Waals surface area (Å²) in [6.45, 7) is 5.92. The van der Waals surface area contributed by atoms with Crippen LogP contribution in [0.1, 0.15) is 56.2 Å². The van der Waals surface area contributed by atoms with E-state index in [-0.39, 0.29) is 24.8 Å². The molecule has 0 fully saturated rings. The predicted octanol–water partition coefficient (Wildman–Crippen LogP) is 6.44. The van der Waals surface area contributed by atoms with E-state index in [2.05, 4.69) is 5.32 Å². The van der Waals surface area contributed by atoms with Crippen LogP contribution in [0.25, 0.3) is 0 Å². The lowest BCUT2D eigenvalue weighted by molar-refractivity contribution is -0.140. The molecule has 3 aromatic rings. The molecule has 0 saturated carbocycles. The molecule has 226 valence electrons. The first-order valence-electron chi connectivity index (χ1n) is 14.0. The maximum Gasteiger partial charge on any atom is 0.244 e. The van der Waals surface area contributed by atoms with Crippen molar-refractivity contribution >= 4 is 50.7 Å². The van der Waals surface area contributed by atoms with Crippen LogP contribution in [0.2, 0.25) is 10.0 Å². The summed E-state index contributed by atoms with van der Waals surface area (Å²) in [5.41, 5.74) is 2.67. The van der Waals surface area contributed by atoms with Crippen molar-refractivity contribution < 1.29 is 18.0 Å². The van der Waals surface area contributed by atoms with Crippen molar-refractivity contribution in [1.82, 2.24) is 10.2 Å². The van der Waals surface area contributed by atoms with Crippen molar-refractivity contribution in [1.29, 1.82) is 0 Å². The molecule has 1 atom stereocenters. The highest BCUT2D eigenvalue weighted by Crippen LogP contribution is 2.30. The molecule has 0 bridgehead atoms. The number of nitrogens with zero attached hydrogens (tertiary/aromatic N) is 2. The lowest BCUT2D eigenvalue weighted by Gasteiger charge is -2.34. The fraction of sp³-hybridized carbons (Fsp3) is 0.375. The predicted molar refractivity (Wildman–Crippen MR) is 172 cm³/mol. The van der Waals surface area contributed by atoms with Crippen LogP contribution >= 0.6 is 23.2 Å². The number of para-hydroxylation sites is 1. The van der Waals surface area contributed by atoms with E-state index < -0.39 is 28.5 Å². The summed E-state index contributed by atoms with van der Waals surface area (Å²) in [6.07, 6.45) is 2.99. The van der Waals surface area contributed by atoms with E-state index in [0.717, 1.165) is 34.5 Å². The molecule has 0 heterocycles. The lowest BCUT2D eigenvalue weighted by Crippen LogP contribution is -2.53. The summed E-state index contributed by atoms with van der Waals surface area (Å²) in [5.74, 6) is -0.837. The van der Waals surface area contributed by atoms with Gasteiger partial charge in [-0.15, -0.1) is 0 Å². The molecular weight excluding hydrogens is 593 g/mol. The number of sulfonamides is 1. The fourth-order valence-electron chi connectivity index (χ4n) is 4.69. The molecular formula is C32H39Cl2N3O4S. The minimum absolute atomic E-state index is 0.0136. The molecule has 0 radical (unpaired) electrons. The van der Waals surface area contributed by atoms with Crippen molar-refractivity contribution in [2.45, 2.75) is 58.5 Å². The number of anilines is 1. The summed E-state index contributed by atoms with van der Waals surface area (Å²) in [4.78, 5) is 29.4. The van der Waals surface area contributed by atoms with E-state index in [9.17, 15) is 18.0 Å². The van der Waals surface area contributed by atoms with Crippen molar-refractivity contribution in [3.63, 3.8) is 0 Å². The number of unbranched alkanes of at least 4 members (excludes halogenated alkanes) is 1. The van der Waals surface area contributed by atoms with Crippen LogP contribution in [0.3, 0.4) is 0 Å². The van der Waals surface area contributed by atoms with E-state index in [1.807, 2.05) is 63.2 Å². The van der Waals surface area contributed by atoms with Crippen LogP contribution in [-0.2, 0) is 32.6 Å². The summed E-state index contributed by atoms with van der Waals surface area (Å²) in [5, 5.41) is 3.75. The van der Waals surface area contributed by atoms with E-state index in [0.29, 0.717) is 27.8 Å². The maximum atomic E-state index is 14.3. The lowest BCUT2D eigenvalue weighted by atomic mass is 10.0. The highest BCUT2D eigenvalue weighted by molar-refractivity contribution is 7.92. The third-order valence-corrected chi connectivity index (χ3v) is 8.68. The normalized spacial score (nSPS) is 12.2. The van der Waals surface area contributed by atoms with Gasteiger partial charge in [0.15, 0.2) is 0 Å². The average molecular weight is 633 g/mol. The Bertz CT molecular complexity index is 1470. The van der Waals surface area contributed by atoms with Crippen molar-refractivity contribution in [2.75, 3.05) is 23.7 Å². The molecule has 1 N–H and O–H groups in total. The fourth-order valence-corrected chi connectivity index (χ4v) is 6.03. The zero-order chi connectivity index (χ0) is 30.9. The Morgan fingerprint density at radius 3 is 2.24 bits per heavy atom. The van der Waals surface area contributed by atoms with E-state index in [1.54, 1.807) is 30.3 Å². The molecule has 0 aliphatic rings. The number of carbonyl (C=O) groups excluding carboxylic acids is 2. The number of carbonyl (C=O) groups is 2. The summed E-state index contributed by atoms with van der Waals surface area (Å²) >= 11 is 12.7. The molecule has 0 spiro atoms. The van der Waals surface area contributed by atoms with Crippen LogP contribution in [0.15, 0.2) is 72.8 Å². The second-order valence-electron chi connectivity index (χ2n) is 10.6. The van der Waals surface area contributed by atoms with Crippen molar-refractivity contribution in [3.8, 4) is 0 Å². The Morgan fingerprint density at radius 1 is 0.952 bits per heavy atom. The number of nitrogens with one attached hydrogen (secondary N) is 1. The van der Waals surface area contributed by atoms with Gasteiger partial charge in [-0.2, -0.15) is 0 Å². The molecule has 0 aliphatic heterocycles. The first-order chi connectivity index (χ1) is 19.9. The van der Waals surface area contributed by atoms with Crippen LogP contribution in [0.4, 0.5) is 5.69 Å². The Balaban J connectivity index is 2.10. The number of hydrogen-bond donors (Lipinski definition) is 1. The van der Waals surface area contributed by atoms with Gasteiger partial charge in [-0.05, 0) is 47.2 Å². The van der Waals surface area contributed by atoms with Gasteiger partial charge < -0.3 is 10.2 Å².